The van der Waals surface area contributed by atoms with Gasteiger partial charge in [0.1, 0.15) is 0 Å². The first-order valence-electron chi connectivity index (χ1n) is 6.87. The van der Waals surface area contributed by atoms with Gasteiger partial charge in [0.25, 0.3) is 0 Å². The van der Waals surface area contributed by atoms with Gasteiger partial charge in [0.15, 0.2) is 0 Å². The smallest absolute Gasteiger partial charge is 0.441 e. The number of rotatable bonds is 3. The van der Waals surface area contributed by atoms with E-state index in [9.17, 15) is 9.59 Å². The number of hydrogen-bond donors (Lipinski definition) is 0. The van der Waals surface area contributed by atoms with Gasteiger partial charge in [0, 0.05) is 6.54 Å². The lowest BCUT2D eigenvalue weighted by molar-refractivity contribution is -0.223. The Labute approximate surface area is 123 Å². The fraction of sp³-hybridized carbons (Fsp3) is 0.467. The molecule has 1 unspecified atom stereocenters. The van der Waals surface area contributed by atoms with E-state index in [-0.39, 0.29) is 12.0 Å². The maximum atomic E-state index is 11.9. The summed E-state index contributed by atoms with van der Waals surface area (Å²) < 4.78 is 4.67. The Morgan fingerprint density at radius 2 is 1.86 bits per heavy atom. The van der Waals surface area contributed by atoms with Crippen LogP contribution in [-0.4, -0.2) is 37.7 Å². The van der Waals surface area contributed by atoms with Crippen molar-refractivity contribution in [3.8, 4) is 0 Å². The topological polar surface area (TPSA) is 65.1 Å². The zero-order valence-corrected chi connectivity index (χ0v) is 12.2. The first-order chi connectivity index (χ1) is 10.2. The van der Waals surface area contributed by atoms with Crippen LogP contribution in [0.25, 0.3) is 0 Å². The molecule has 1 aliphatic rings. The lowest BCUT2D eigenvalue weighted by Gasteiger charge is -2.34. The first-order valence-corrected chi connectivity index (χ1v) is 6.87. The van der Waals surface area contributed by atoms with E-state index in [1.165, 1.54) is 14.2 Å². The third-order valence-electron chi connectivity index (χ3n) is 3.61. The first kappa shape index (κ1) is 15.3. The van der Waals surface area contributed by atoms with Gasteiger partial charge < -0.3 is 4.74 Å². The molecule has 0 aliphatic carbocycles. The van der Waals surface area contributed by atoms with E-state index in [2.05, 4.69) is 14.5 Å². The van der Waals surface area contributed by atoms with Crippen molar-refractivity contribution in [3.63, 3.8) is 0 Å². The van der Waals surface area contributed by atoms with Crippen LogP contribution < -0.4 is 0 Å². The number of benzene rings is 1. The summed E-state index contributed by atoms with van der Waals surface area (Å²) in [6.45, 7) is 0.631. The van der Waals surface area contributed by atoms with Crippen LogP contribution in [0.3, 0.4) is 0 Å². The van der Waals surface area contributed by atoms with Gasteiger partial charge >= 0.3 is 12.1 Å². The zero-order chi connectivity index (χ0) is 15.2. The standard InChI is InChI=1S/C15H19NO5/c1-19-14(17)12-8-6-11(7-9-12)13-5-3-4-10-16(13)15(18)21-20-2/h6-9,13H,3-5,10H2,1-2H3. The minimum absolute atomic E-state index is 0.0619. The molecule has 6 heteroatoms. The van der Waals surface area contributed by atoms with Crippen LogP contribution in [0.15, 0.2) is 24.3 Å². The second-order valence-electron chi connectivity index (χ2n) is 4.83. The van der Waals surface area contributed by atoms with E-state index in [4.69, 9.17) is 0 Å². The fourth-order valence-corrected chi connectivity index (χ4v) is 2.58. The quantitative estimate of drug-likeness (QED) is 0.487. The summed E-state index contributed by atoms with van der Waals surface area (Å²) >= 11 is 0. The average Bonchev–Trinajstić information content (AvgIpc) is 2.54. The summed E-state index contributed by atoms with van der Waals surface area (Å²) in [7, 11) is 2.65. The molecule has 0 aromatic heterocycles. The Bertz CT molecular complexity index is 499. The van der Waals surface area contributed by atoms with Crippen LogP contribution in [0.5, 0.6) is 0 Å². The zero-order valence-electron chi connectivity index (χ0n) is 12.2. The SMILES string of the molecule is COOC(=O)N1CCCCC1c1ccc(C(=O)OC)cc1. The van der Waals surface area contributed by atoms with E-state index in [0.29, 0.717) is 12.1 Å². The maximum absolute atomic E-state index is 11.9. The molecule has 1 fully saturated rings. The normalized spacial score (nSPS) is 18.2. The molecular weight excluding hydrogens is 274 g/mol. The van der Waals surface area contributed by atoms with Gasteiger partial charge in [-0.15, -0.1) is 0 Å². The van der Waals surface area contributed by atoms with E-state index in [1.807, 2.05) is 12.1 Å². The summed E-state index contributed by atoms with van der Waals surface area (Å²) in [5.74, 6) is -0.374. The van der Waals surface area contributed by atoms with Gasteiger partial charge in [-0.1, -0.05) is 12.1 Å². The highest BCUT2D eigenvalue weighted by Crippen LogP contribution is 2.31. The van der Waals surface area contributed by atoms with Crippen LogP contribution in [0.1, 0.15) is 41.2 Å². The van der Waals surface area contributed by atoms with Gasteiger partial charge in [-0.05, 0) is 37.0 Å². The molecule has 0 radical (unpaired) electrons. The number of carbonyl (C=O) groups excluding carboxylic acids is 2. The number of nitrogens with zero attached hydrogens (tertiary/aromatic N) is 1. The van der Waals surface area contributed by atoms with E-state index >= 15 is 0 Å². The number of esters is 1. The molecule has 1 aromatic carbocycles. The lowest BCUT2D eigenvalue weighted by atomic mass is 9.95. The summed E-state index contributed by atoms with van der Waals surface area (Å²) in [6.07, 6.45) is 2.35. The van der Waals surface area contributed by atoms with Crippen molar-refractivity contribution < 1.29 is 24.1 Å². The number of piperidine rings is 1. The van der Waals surface area contributed by atoms with Gasteiger partial charge in [-0.25, -0.2) is 9.59 Å². The highest BCUT2D eigenvalue weighted by molar-refractivity contribution is 5.89. The van der Waals surface area contributed by atoms with Crippen molar-refractivity contribution in [2.75, 3.05) is 20.8 Å². The number of likely N-dealkylation sites (tertiary alicyclic amines) is 1. The third-order valence-corrected chi connectivity index (χ3v) is 3.61. The van der Waals surface area contributed by atoms with Crippen LogP contribution in [0, 0.1) is 0 Å². The van der Waals surface area contributed by atoms with E-state index in [1.54, 1.807) is 17.0 Å². The molecule has 0 saturated carbocycles. The number of carbonyl (C=O) groups is 2. The summed E-state index contributed by atoms with van der Waals surface area (Å²) in [5.41, 5.74) is 1.46. The highest BCUT2D eigenvalue weighted by atomic mass is 17.2. The highest BCUT2D eigenvalue weighted by Gasteiger charge is 2.29. The molecule has 0 bridgehead atoms. The summed E-state index contributed by atoms with van der Waals surface area (Å²) in [6, 6.07) is 7.03. The summed E-state index contributed by atoms with van der Waals surface area (Å²) in [4.78, 5) is 34.1. The lowest BCUT2D eigenvalue weighted by Crippen LogP contribution is -2.38. The molecule has 1 heterocycles. The largest absolute Gasteiger partial charge is 0.465 e. The number of hydrogen-bond acceptors (Lipinski definition) is 5. The number of ether oxygens (including phenoxy) is 1. The monoisotopic (exact) mass is 293 g/mol. The van der Waals surface area contributed by atoms with Crippen LogP contribution in [0.4, 0.5) is 4.79 Å². The van der Waals surface area contributed by atoms with Crippen molar-refractivity contribution in [2.45, 2.75) is 25.3 Å². The molecule has 0 N–H and O–H groups in total. The third kappa shape index (κ3) is 3.52. The molecule has 1 aliphatic heterocycles. The van der Waals surface area contributed by atoms with Gasteiger partial charge in [0.2, 0.25) is 0 Å². The average molecular weight is 293 g/mol. The van der Waals surface area contributed by atoms with Gasteiger partial charge in [-0.2, -0.15) is 4.89 Å². The Morgan fingerprint density at radius 1 is 1.14 bits per heavy atom. The summed E-state index contributed by atoms with van der Waals surface area (Å²) in [5, 5.41) is 0. The molecule has 2 rings (SSSR count). The Hall–Kier alpha value is -2.08. The molecule has 6 nitrogen and oxygen atoms in total. The Kier molecular flexibility index (Phi) is 5.16. The van der Waals surface area contributed by atoms with Gasteiger partial charge in [-0.3, -0.25) is 9.79 Å². The fourth-order valence-electron chi connectivity index (χ4n) is 2.58. The van der Waals surface area contributed by atoms with E-state index in [0.717, 1.165) is 24.8 Å². The Balaban J connectivity index is 2.17. The molecule has 21 heavy (non-hydrogen) atoms. The Morgan fingerprint density at radius 3 is 2.48 bits per heavy atom. The molecule has 1 saturated heterocycles. The van der Waals surface area contributed by atoms with Crippen LogP contribution >= 0.6 is 0 Å². The van der Waals surface area contributed by atoms with Crippen molar-refractivity contribution in [1.82, 2.24) is 4.90 Å². The maximum Gasteiger partial charge on any atom is 0.441 e. The van der Waals surface area contributed by atoms with E-state index < -0.39 is 6.09 Å². The van der Waals surface area contributed by atoms with Crippen LogP contribution in [-0.2, 0) is 14.5 Å². The van der Waals surface area contributed by atoms with Crippen molar-refractivity contribution in [3.05, 3.63) is 35.4 Å². The molecule has 1 atom stereocenters. The van der Waals surface area contributed by atoms with Crippen molar-refractivity contribution in [1.29, 1.82) is 0 Å². The minimum Gasteiger partial charge on any atom is -0.465 e. The second kappa shape index (κ2) is 7.08. The number of amides is 1. The molecule has 114 valence electrons. The molecular formula is C15H19NO5. The molecule has 1 amide bonds. The molecule has 1 aromatic rings. The van der Waals surface area contributed by atoms with Crippen molar-refractivity contribution >= 4 is 12.1 Å². The minimum atomic E-state index is -0.487. The predicted octanol–water partition coefficient (Wildman–Crippen LogP) is 2.70. The van der Waals surface area contributed by atoms with Crippen LogP contribution in [0.2, 0.25) is 0 Å². The van der Waals surface area contributed by atoms with Gasteiger partial charge in [0.05, 0.1) is 25.8 Å². The number of methoxy groups -OCH3 is 1. The molecule has 0 spiro atoms. The van der Waals surface area contributed by atoms with Crippen molar-refractivity contribution in [2.24, 2.45) is 0 Å². The second-order valence-corrected chi connectivity index (χ2v) is 4.83. The predicted molar refractivity (Wildman–Crippen MR) is 74.6 cm³/mol.